The van der Waals surface area contributed by atoms with Crippen LogP contribution in [0.25, 0.3) is 11.2 Å². The molecule has 0 spiro atoms. The van der Waals surface area contributed by atoms with Gasteiger partial charge in [0.2, 0.25) is 6.29 Å². The number of carbonyl (C=O) groups is 1. The maximum absolute atomic E-state index is 13.0. The number of aromatic nitrogens is 5. The van der Waals surface area contributed by atoms with Gasteiger partial charge in [-0.25, -0.2) is 23.6 Å². The second-order valence-electron chi connectivity index (χ2n) is 8.85. The number of phosphoric acid groups is 3. The molecule has 0 bridgehead atoms. The van der Waals surface area contributed by atoms with Gasteiger partial charge in [0, 0.05) is 4.88 Å². The number of nitrogens with two attached hydrogens (primary N) is 1. The number of anilines is 2. The van der Waals surface area contributed by atoms with Crippen molar-refractivity contribution >= 4 is 75.2 Å². The zero-order chi connectivity index (χ0) is 31.5. The molecule has 2 aliphatic rings. The van der Waals surface area contributed by atoms with Gasteiger partial charge >= 0.3 is 0 Å². The van der Waals surface area contributed by atoms with Crippen LogP contribution >= 0.6 is 47.0 Å². The van der Waals surface area contributed by atoms with E-state index >= 15 is 0 Å². The summed E-state index contributed by atoms with van der Waals surface area (Å²) in [5.74, 6) is -0.819. The first kappa shape index (κ1) is 32.4. The zero-order valence-corrected chi connectivity index (χ0v) is 25.8. The van der Waals surface area contributed by atoms with Gasteiger partial charge in [-0.3, -0.25) is 28.4 Å². The number of amides is 1. The Morgan fingerprint density at radius 1 is 1.19 bits per heavy atom. The number of H-pyrrole nitrogens is 1. The van der Waals surface area contributed by atoms with Crippen LogP contribution in [0.15, 0.2) is 6.33 Å². The number of aryl methyl sites for hydroxylation is 2. The quantitative estimate of drug-likeness (QED) is 0.149. The van der Waals surface area contributed by atoms with Crippen molar-refractivity contribution in [2.75, 3.05) is 17.7 Å². The largest absolute Gasteiger partial charge is 0.756 e. The Morgan fingerprint density at radius 2 is 1.88 bits per heavy atom. The number of nitrogens with one attached hydrogen (secondary N) is 2. The van der Waals surface area contributed by atoms with Gasteiger partial charge < -0.3 is 49.0 Å². The molecule has 3 aromatic heterocycles. The number of hydrogen-bond donors (Lipinski definition) is 4. The van der Waals surface area contributed by atoms with E-state index < -0.39 is 66.8 Å². The monoisotopic (exact) mass is 702 g/mol. The number of rotatable bonds is 10. The van der Waals surface area contributed by atoms with Crippen molar-refractivity contribution in [3.63, 3.8) is 0 Å². The van der Waals surface area contributed by atoms with E-state index in [0.29, 0.717) is 5.69 Å². The summed E-state index contributed by atoms with van der Waals surface area (Å²) in [5, 5.41) is 2.83. The summed E-state index contributed by atoms with van der Waals surface area (Å²) in [5.41, 5.74) is 6.92. The van der Waals surface area contributed by atoms with Gasteiger partial charge in [-0.15, -0.1) is 11.3 Å². The number of phosphoric ester groups is 1. The molecule has 5 N–H and O–H groups in total. The van der Waals surface area contributed by atoms with Gasteiger partial charge in [0.05, 0.1) is 18.6 Å². The Morgan fingerprint density at radius 3 is 2.53 bits per heavy atom. The van der Waals surface area contributed by atoms with Crippen LogP contribution in [0.1, 0.15) is 16.8 Å². The lowest BCUT2D eigenvalue weighted by Gasteiger charge is -2.33. The van der Waals surface area contributed by atoms with Crippen LogP contribution in [0.3, 0.4) is 0 Å². The summed E-state index contributed by atoms with van der Waals surface area (Å²) >= 11 is 6.39. The SMILES string of the molecule is Cc1nc(NC(=O)[C@@H]2OC3C(COP(=O)([O-])OP(=O)([O-])OP(=O)([O-])O)OC(n4cnc5c(=S)nc(N)[nH]c54)C3O2)sc1C. The van der Waals surface area contributed by atoms with Crippen LogP contribution in [-0.4, -0.2) is 66.5 Å². The molecule has 43 heavy (non-hydrogen) atoms. The fourth-order valence-electron chi connectivity index (χ4n) is 4.11. The fraction of sp³-hybridized carbons (Fsp3) is 0.471. The Balaban J connectivity index is 1.38. The van der Waals surface area contributed by atoms with E-state index in [4.69, 9.17) is 37.1 Å². The second-order valence-corrected chi connectivity index (χ2v) is 14.7. The molecule has 2 aliphatic heterocycles. The number of imidazole rings is 1. The van der Waals surface area contributed by atoms with Crippen molar-refractivity contribution in [3.05, 3.63) is 21.5 Å². The van der Waals surface area contributed by atoms with Crippen molar-refractivity contribution in [1.82, 2.24) is 24.5 Å². The minimum Gasteiger partial charge on any atom is -0.756 e. The third kappa shape index (κ3) is 7.28. The Kier molecular flexibility index (Phi) is 8.81. The minimum absolute atomic E-state index is 0.0496. The molecule has 0 radical (unpaired) electrons. The number of carbonyl (C=O) groups excluding carboxylic acids is 1. The average Bonchev–Trinajstić information content (AvgIpc) is 3.59. The first-order valence-electron chi connectivity index (χ1n) is 11.6. The van der Waals surface area contributed by atoms with E-state index in [1.807, 2.05) is 6.92 Å². The summed E-state index contributed by atoms with van der Waals surface area (Å²) < 4.78 is 64.8. The second kappa shape index (κ2) is 11.7. The highest BCUT2D eigenvalue weighted by molar-refractivity contribution is 7.71. The molecule has 5 heterocycles. The molecule has 21 nitrogen and oxygen atoms in total. The van der Waals surface area contributed by atoms with Crippen LogP contribution in [0.5, 0.6) is 0 Å². The van der Waals surface area contributed by atoms with Gasteiger partial charge in [0.1, 0.15) is 29.5 Å². The maximum atomic E-state index is 13.0. The van der Waals surface area contributed by atoms with Crippen LogP contribution in [0.4, 0.5) is 11.1 Å². The van der Waals surface area contributed by atoms with E-state index in [2.05, 4.69) is 38.4 Å². The summed E-state index contributed by atoms with van der Waals surface area (Å²) in [6, 6.07) is 0. The van der Waals surface area contributed by atoms with Gasteiger partial charge in [-0.05, 0) is 13.8 Å². The summed E-state index contributed by atoms with van der Waals surface area (Å²) in [4.78, 5) is 71.8. The standard InChI is InChI=1S/C17H22N7O14P3S2/c1-5-6(2)43-17(20-5)22-12(25)15-35-9-7(3-33-40(29,30)38-41(31,32)37-39(26,27)28)34-14(10(9)36-15)24-4-19-8-11(24)21-16(18)23-13(8)42/h4,7,9-10,14-15H,3H2,1-2H3,(H,29,30)(H,31,32)(H,20,22,25)(H2,26,27,28)(H3,18,21,23,42)/p-3/t7?,9?,10?,14?,15-/m1/s1. The van der Waals surface area contributed by atoms with Crippen LogP contribution in [0, 0.1) is 18.5 Å². The molecule has 8 atom stereocenters. The predicted octanol–water partition coefficient (Wildman–Crippen LogP) is -0.762. The number of nitrogen functional groups attached to an aromatic ring is 1. The van der Waals surface area contributed by atoms with E-state index in [-0.39, 0.29) is 26.9 Å². The smallest absolute Gasteiger partial charge is 0.283 e. The number of thiazole rings is 1. The average molecular weight is 702 g/mol. The number of aromatic amines is 1. The molecule has 2 saturated heterocycles. The van der Waals surface area contributed by atoms with E-state index in [0.717, 1.165) is 4.88 Å². The van der Waals surface area contributed by atoms with Crippen molar-refractivity contribution in [2.45, 2.75) is 44.7 Å². The highest BCUT2D eigenvalue weighted by Gasteiger charge is 2.55. The van der Waals surface area contributed by atoms with Crippen LogP contribution < -0.4 is 25.7 Å². The molecule has 0 aromatic carbocycles. The lowest BCUT2D eigenvalue weighted by atomic mass is 10.1. The Bertz CT molecular complexity index is 1760. The molecule has 1 amide bonds. The predicted molar refractivity (Wildman–Crippen MR) is 138 cm³/mol. The lowest BCUT2D eigenvalue weighted by molar-refractivity contribution is -0.250. The molecule has 3 aromatic rings. The van der Waals surface area contributed by atoms with E-state index in [9.17, 15) is 33.2 Å². The molecular weight excluding hydrogens is 683 g/mol. The summed E-state index contributed by atoms with van der Waals surface area (Å²) in [6.07, 6.45) is -5.16. The maximum Gasteiger partial charge on any atom is 0.283 e. The molecule has 0 aliphatic carbocycles. The van der Waals surface area contributed by atoms with Crippen molar-refractivity contribution in [2.24, 2.45) is 0 Å². The van der Waals surface area contributed by atoms with Gasteiger partial charge in [-0.1, -0.05) is 12.2 Å². The number of fused-ring (bicyclic) bond motifs is 2. The minimum atomic E-state index is -6.14. The lowest BCUT2D eigenvalue weighted by Crippen LogP contribution is -2.34. The number of nitrogens with zero attached hydrogens (tertiary/aromatic N) is 4. The number of hydrogen-bond acceptors (Lipinski definition) is 19. The summed E-state index contributed by atoms with van der Waals surface area (Å²) in [7, 11) is -17.9. The first-order chi connectivity index (χ1) is 19.9. The molecule has 0 saturated carbocycles. The molecule has 236 valence electrons. The van der Waals surface area contributed by atoms with Crippen LogP contribution in [-0.2, 0) is 45.8 Å². The van der Waals surface area contributed by atoms with E-state index in [1.54, 1.807) is 6.92 Å². The van der Waals surface area contributed by atoms with Gasteiger partial charge in [0.15, 0.2) is 21.9 Å². The molecule has 2 fully saturated rings. The highest BCUT2D eigenvalue weighted by Crippen LogP contribution is 2.61. The molecule has 7 unspecified atom stereocenters. The van der Waals surface area contributed by atoms with Gasteiger partial charge in [-0.2, -0.15) is 0 Å². The highest BCUT2D eigenvalue weighted by atomic mass is 32.1. The number of ether oxygens (including phenoxy) is 3. The molecular formula is C17H19N7O14P3S2-3. The Hall–Kier alpha value is -2.04. The van der Waals surface area contributed by atoms with Crippen molar-refractivity contribution in [3.8, 4) is 0 Å². The Labute approximate surface area is 248 Å². The fourth-order valence-corrected chi connectivity index (χ4v) is 8.07. The third-order valence-corrected chi connectivity index (χ3v) is 10.8. The van der Waals surface area contributed by atoms with E-state index in [1.165, 1.54) is 22.2 Å². The van der Waals surface area contributed by atoms with Crippen molar-refractivity contribution < 1.29 is 65.4 Å². The molecule has 26 heteroatoms. The van der Waals surface area contributed by atoms with Gasteiger partial charge in [0.25, 0.3) is 29.4 Å². The van der Waals surface area contributed by atoms with Crippen molar-refractivity contribution in [1.29, 1.82) is 0 Å². The normalized spacial score (nSPS) is 27.8. The van der Waals surface area contributed by atoms with Crippen LogP contribution in [0.2, 0.25) is 0 Å². The molecule has 5 rings (SSSR count). The zero-order valence-electron chi connectivity index (χ0n) is 21.4. The third-order valence-electron chi connectivity index (χ3n) is 5.86. The summed E-state index contributed by atoms with van der Waals surface area (Å²) in [6.45, 7) is 2.58. The first-order valence-corrected chi connectivity index (χ1v) is 17.2. The topological polar surface area (TPSA) is 311 Å².